The molecule has 1 aromatic carbocycles. The molecule has 0 spiro atoms. The van der Waals surface area contributed by atoms with Crippen molar-refractivity contribution >= 4 is 33.3 Å². The molecule has 0 aromatic heterocycles. The number of hydrogen-bond donors (Lipinski definition) is 0. The first-order valence-electron chi connectivity index (χ1n) is 5.80. The lowest BCUT2D eigenvalue weighted by atomic mass is 9.81. The maximum absolute atomic E-state index is 12.1. The second-order valence-electron chi connectivity index (χ2n) is 5.15. The van der Waals surface area contributed by atoms with Gasteiger partial charge >= 0.3 is 0 Å². The quantitative estimate of drug-likeness (QED) is 0.773. The molecular weight excluding hydrogens is 300 g/mol. The number of ketones is 1. The van der Waals surface area contributed by atoms with Gasteiger partial charge in [-0.25, -0.2) is 0 Å². The van der Waals surface area contributed by atoms with E-state index in [1.165, 1.54) is 5.56 Å². The Morgan fingerprint density at radius 2 is 2.12 bits per heavy atom. The Balaban J connectivity index is 2.44. The highest BCUT2D eigenvalue weighted by molar-refractivity contribution is 9.09. The zero-order valence-corrected chi connectivity index (χ0v) is 12.4. The molecular formula is C14H16BrClO. The first-order valence-corrected chi connectivity index (χ1v) is 7.30. The predicted octanol–water partition coefficient (Wildman–Crippen LogP) is 3.92. The molecule has 0 amide bonds. The Morgan fingerprint density at radius 1 is 1.47 bits per heavy atom. The van der Waals surface area contributed by atoms with Crippen molar-refractivity contribution in [2.24, 2.45) is 5.92 Å². The van der Waals surface area contributed by atoms with Gasteiger partial charge in [0.05, 0.1) is 5.33 Å². The molecule has 2 unspecified atom stereocenters. The van der Waals surface area contributed by atoms with Crippen molar-refractivity contribution in [3.05, 3.63) is 35.4 Å². The average molecular weight is 316 g/mol. The van der Waals surface area contributed by atoms with Crippen molar-refractivity contribution in [3.8, 4) is 0 Å². The summed E-state index contributed by atoms with van der Waals surface area (Å²) >= 11 is 9.74. The molecule has 1 nitrogen and oxygen atoms in total. The Bertz CT molecular complexity index is 436. The summed E-state index contributed by atoms with van der Waals surface area (Å²) in [7, 11) is 0. The highest BCUT2D eigenvalue weighted by Crippen LogP contribution is 2.46. The molecule has 1 aliphatic carbocycles. The van der Waals surface area contributed by atoms with Gasteiger partial charge in [-0.1, -0.05) is 40.2 Å². The smallest absolute Gasteiger partial charge is 0.151 e. The number of benzene rings is 1. The third-order valence-corrected chi connectivity index (χ3v) is 4.43. The third kappa shape index (κ3) is 2.43. The number of alkyl halides is 2. The number of rotatable bonds is 3. The van der Waals surface area contributed by atoms with Crippen molar-refractivity contribution in [1.82, 2.24) is 0 Å². The van der Waals surface area contributed by atoms with E-state index in [0.717, 1.165) is 12.0 Å². The van der Waals surface area contributed by atoms with Gasteiger partial charge in [0.15, 0.2) is 5.78 Å². The second-order valence-corrected chi connectivity index (χ2v) is 6.69. The molecule has 2 rings (SSSR count). The van der Waals surface area contributed by atoms with Gasteiger partial charge in [-0.05, 0) is 37.3 Å². The van der Waals surface area contributed by atoms with E-state index in [9.17, 15) is 4.79 Å². The van der Waals surface area contributed by atoms with E-state index in [2.05, 4.69) is 28.1 Å². The molecule has 0 saturated heterocycles. The molecule has 17 heavy (non-hydrogen) atoms. The van der Waals surface area contributed by atoms with Gasteiger partial charge in [0.2, 0.25) is 0 Å². The Hall–Kier alpha value is -0.340. The van der Waals surface area contributed by atoms with E-state index >= 15 is 0 Å². The van der Waals surface area contributed by atoms with Crippen LogP contribution in [0.25, 0.3) is 0 Å². The predicted molar refractivity (Wildman–Crippen MR) is 75.1 cm³/mol. The summed E-state index contributed by atoms with van der Waals surface area (Å²) < 4.78 is 0. The summed E-state index contributed by atoms with van der Waals surface area (Å²) in [5, 5.41) is 0.398. The van der Waals surface area contributed by atoms with E-state index in [4.69, 9.17) is 11.6 Å². The van der Waals surface area contributed by atoms with Crippen LogP contribution in [-0.4, -0.2) is 16.0 Å². The van der Waals surface area contributed by atoms with Crippen LogP contribution in [0.3, 0.4) is 0 Å². The van der Waals surface area contributed by atoms with Gasteiger partial charge in [0.25, 0.3) is 0 Å². The normalized spacial score (nSPS) is 23.5. The van der Waals surface area contributed by atoms with Gasteiger partial charge in [0, 0.05) is 10.8 Å². The van der Waals surface area contributed by atoms with Crippen molar-refractivity contribution in [3.63, 3.8) is 0 Å². The molecule has 1 aromatic rings. The third-order valence-electron chi connectivity index (χ3n) is 3.59. The standard InChI is InChI=1S/C14H16BrClO/c1-14(2,16)11-7-9-5-3-4-6-10(9)13(11)12(17)8-15/h3-6,11,13H,7-8H2,1-2H3. The summed E-state index contributed by atoms with van der Waals surface area (Å²) in [5.41, 5.74) is 2.43. The molecule has 0 aliphatic heterocycles. The molecule has 0 saturated carbocycles. The number of Topliss-reactive ketones (excluding diaryl/α,β-unsaturated/α-hetero) is 1. The molecule has 0 radical (unpaired) electrons. The minimum Gasteiger partial charge on any atom is -0.298 e. The van der Waals surface area contributed by atoms with E-state index < -0.39 is 0 Å². The van der Waals surface area contributed by atoms with Gasteiger partial charge in [-0.15, -0.1) is 11.6 Å². The summed E-state index contributed by atoms with van der Waals surface area (Å²) in [4.78, 5) is 11.8. The first-order chi connectivity index (χ1) is 7.95. The molecule has 1 aliphatic rings. The summed E-state index contributed by atoms with van der Waals surface area (Å²) in [5.74, 6) is 0.360. The van der Waals surface area contributed by atoms with Gasteiger partial charge in [-0.2, -0.15) is 0 Å². The fraction of sp³-hybridized carbons (Fsp3) is 0.500. The Morgan fingerprint density at radius 3 is 2.71 bits per heavy atom. The topological polar surface area (TPSA) is 17.1 Å². The van der Waals surface area contributed by atoms with Crippen LogP contribution < -0.4 is 0 Å². The van der Waals surface area contributed by atoms with Crippen LogP contribution in [0.1, 0.15) is 30.9 Å². The van der Waals surface area contributed by atoms with E-state index in [-0.39, 0.29) is 22.5 Å². The highest BCUT2D eigenvalue weighted by Gasteiger charge is 2.43. The maximum Gasteiger partial charge on any atom is 0.151 e. The first kappa shape index (κ1) is 13.1. The molecule has 0 N–H and O–H groups in total. The minimum atomic E-state index is -0.360. The summed E-state index contributed by atoms with van der Waals surface area (Å²) in [6.45, 7) is 4.00. The fourth-order valence-electron chi connectivity index (χ4n) is 2.71. The van der Waals surface area contributed by atoms with Gasteiger partial charge in [0.1, 0.15) is 0 Å². The van der Waals surface area contributed by atoms with Gasteiger partial charge in [-0.3, -0.25) is 4.79 Å². The molecule has 92 valence electrons. The lowest BCUT2D eigenvalue weighted by Crippen LogP contribution is -2.32. The highest BCUT2D eigenvalue weighted by atomic mass is 79.9. The molecule has 2 atom stereocenters. The van der Waals surface area contributed by atoms with E-state index in [1.54, 1.807) is 0 Å². The van der Waals surface area contributed by atoms with Crippen LogP contribution in [0.15, 0.2) is 24.3 Å². The Kier molecular flexibility index (Phi) is 3.65. The van der Waals surface area contributed by atoms with Crippen LogP contribution >= 0.6 is 27.5 Å². The number of carbonyl (C=O) groups excluding carboxylic acids is 1. The molecule has 0 fully saturated rings. The Labute approximate surface area is 116 Å². The lowest BCUT2D eigenvalue weighted by Gasteiger charge is -2.29. The molecule has 3 heteroatoms. The molecule has 0 bridgehead atoms. The average Bonchev–Trinajstić information content (AvgIpc) is 2.67. The molecule has 0 heterocycles. The van der Waals surface area contributed by atoms with E-state index in [1.807, 2.05) is 26.0 Å². The van der Waals surface area contributed by atoms with Crippen molar-refractivity contribution in [1.29, 1.82) is 0 Å². The number of carbonyl (C=O) groups is 1. The number of halogens is 2. The van der Waals surface area contributed by atoms with Crippen LogP contribution in [-0.2, 0) is 11.2 Å². The number of fused-ring (bicyclic) bond motifs is 1. The van der Waals surface area contributed by atoms with Crippen molar-refractivity contribution < 1.29 is 4.79 Å². The maximum atomic E-state index is 12.1. The second kappa shape index (κ2) is 4.74. The zero-order valence-electron chi connectivity index (χ0n) is 10.0. The SMILES string of the molecule is CC(C)(Cl)C1Cc2ccccc2C1C(=O)CBr. The van der Waals surface area contributed by atoms with Gasteiger partial charge < -0.3 is 0 Å². The summed E-state index contributed by atoms with van der Waals surface area (Å²) in [6.07, 6.45) is 0.899. The zero-order chi connectivity index (χ0) is 12.6. The van der Waals surface area contributed by atoms with Crippen LogP contribution in [0.4, 0.5) is 0 Å². The van der Waals surface area contributed by atoms with Crippen LogP contribution in [0.2, 0.25) is 0 Å². The van der Waals surface area contributed by atoms with Crippen molar-refractivity contribution in [2.75, 3.05) is 5.33 Å². The largest absolute Gasteiger partial charge is 0.298 e. The number of hydrogen-bond acceptors (Lipinski definition) is 1. The van der Waals surface area contributed by atoms with Crippen LogP contribution in [0.5, 0.6) is 0 Å². The minimum absolute atomic E-state index is 0.0573. The van der Waals surface area contributed by atoms with Crippen molar-refractivity contribution in [2.45, 2.75) is 31.1 Å². The lowest BCUT2D eigenvalue weighted by molar-refractivity contribution is -0.119. The van der Waals surface area contributed by atoms with Crippen LogP contribution in [0, 0.1) is 5.92 Å². The summed E-state index contributed by atoms with van der Waals surface area (Å²) in [6, 6.07) is 8.19. The van der Waals surface area contributed by atoms with E-state index in [0.29, 0.717) is 5.33 Å². The fourth-order valence-corrected chi connectivity index (χ4v) is 3.27. The monoisotopic (exact) mass is 314 g/mol.